The van der Waals surface area contributed by atoms with Gasteiger partial charge in [-0.3, -0.25) is 13.9 Å². The van der Waals surface area contributed by atoms with Crippen molar-refractivity contribution in [2.24, 2.45) is 7.05 Å². The molecule has 30 heavy (non-hydrogen) atoms. The van der Waals surface area contributed by atoms with Gasteiger partial charge < -0.3 is 9.47 Å². The Bertz CT molecular complexity index is 1400. The lowest BCUT2D eigenvalue weighted by Crippen LogP contribution is -2.40. The van der Waals surface area contributed by atoms with E-state index in [4.69, 9.17) is 11.6 Å². The van der Waals surface area contributed by atoms with Crippen molar-refractivity contribution in [3.05, 3.63) is 85.8 Å². The zero-order valence-electron chi connectivity index (χ0n) is 16.0. The van der Waals surface area contributed by atoms with Gasteiger partial charge in [-0.15, -0.1) is 0 Å². The van der Waals surface area contributed by atoms with Crippen LogP contribution in [0.3, 0.4) is 0 Å². The number of hydrogen-bond donors (Lipinski definition) is 0. The second-order valence-corrected chi connectivity index (χ2v) is 7.60. The highest BCUT2D eigenvalue weighted by atomic mass is 35.5. The number of imidazole rings is 1. The minimum Gasteiger partial charge on any atom is -0.310 e. The Morgan fingerprint density at radius 2 is 1.80 bits per heavy atom. The summed E-state index contributed by atoms with van der Waals surface area (Å²) in [5, 5.41) is 0.493. The predicted molar refractivity (Wildman–Crippen MR) is 113 cm³/mol. The number of benzene rings is 2. The van der Waals surface area contributed by atoms with Gasteiger partial charge in [0.2, 0.25) is 5.95 Å². The first-order valence-electron chi connectivity index (χ1n) is 9.42. The van der Waals surface area contributed by atoms with Crippen LogP contribution in [-0.2, 0) is 20.1 Å². The lowest BCUT2D eigenvalue weighted by atomic mass is 10.2. The number of nitrogens with zero attached hydrogens (tertiary/aromatic N) is 5. The molecule has 152 valence electrons. The Hall–Kier alpha value is -3.39. The molecule has 0 amide bonds. The molecule has 0 N–H and O–H groups in total. The number of halogens is 2. The quantitative estimate of drug-likeness (QED) is 0.506. The molecule has 2 aromatic carbocycles. The Balaban J connectivity index is 1.68. The fraction of sp³-hybridized carbons (Fsp3) is 0.190. The molecular weight excluding hydrogens is 409 g/mol. The maximum Gasteiger partial charge on any atom is 0.332 e. The van der Waals surface area contributed by atoms with Crippen molar-refractivity contribution in [1.82, 2.24) is 18.7 Å². The van der Waals surface area contributed by atoms with Gasteiger partial charge in [0.25, 0.3) is 5.56 Å². The molecule has 0 saturated heterocycles. The Kier molecular flexibility index (Phi) is 4.25. The van der Waals surface area contributed by atoms with E-state index in [1.165, 1.54) is 21.3 Å². The van der Waals surface area contributed by atoms with Crippen LogP contribution in [0.5, 0.6) is 0 Å². The van der Waals surface area contributed by atoms with Gasteiger partial charge in [0, 0.05) is 30.8 Å². The molecule has 3 heterocycles. The first kappa shape index (κ1) is 18.6. The second-order valence-electron chi connectivity index (χ2n) is 7.19. The zero-order valence-corrected chi connectivity index (χ0v) is 16.8. The lowest BCUT2D eigenvalue weighted by Gasteiger charge is -2.15. The summed E-state index contributed by atoms with van der Waals surface area (Å²) in [6, 6.07) is 13.2. The van der Waals surface area contributed by atoms with Gasteiger partial charge in [-0.2, -0.15) is 4.98 Å². The average molecular weight is 426 g/mol. The second kappa shape index (κ2) is 6.84. The highest BCUT2D eigenvalue weighted by molar-refractivity contribution is 6.31. The van der Waals surface area contributed by atoms with Gasteiger partial charge in [-0.05, 0) is 35.9 Å². The number of anilines is 2. The molecule has 2 aromatic heterocycles. The summed E-state index contributed by atoms with van der Waals surface area (Å²) in [7, 11) is 1.60. The highest BCUT2D eigenvalue weighted by Crippen LogP contribution is 2.31. The lowest BCUT2D eigenvalue weighted by molar-refractivity contribution is 0.628. The first-order valence-corrected chi connectivity index (χ1v) is 9.80. The first-order chi connectivity index (χ1) is 14.5. The van der Waals surface area contributed by atoms with Crippen LogP contribution in [0.25, 0.3) is 11.2 Å². The third-order valence-electron chi connectivity index (χ3n) is 5.43. The van der Waals surface area contributed by atoms with Crippen LogP contribution < -0.4 is 16.1 Å². The van der Waals surface area contributed by atoms with E-state index in [0.717, 1.165) is 5.69 Å². The van der Waals surface area contributed by atoms with Crippen molar-refractivity contribution < 1.29 is 4.39 Å². The molecule has 0 aliphatic carbocycles. The molecule has 0 bridgehead atoms. The number of fused-ring (bicyclic) bond motifs is 3. The van der Waals surface area contributed by atoms with Crippen molar-refractivity contribution in [2.45, 2.75) is 13.1 Å². The van der Waals surface area contributed by atoms with E-state index in [0.29, 0.717) is 40.8 Å². The van der Waals surface area contributed by atoms with Crippen LogP contribution in [0.2, 0.25) is 5.02 Å². The molecule has 1 aliphatic rings. The topological polar surface area (TPSA) is 65.1 Å². The van der Waals surface area contributed by atoms with Gasteiger partial charge in [0.15, 0.2) is 11.2 Å². The van der Waals surface area contributed by atoms with E-state index in [1.54, 1.807) is 37.4 Å². The maximum absolute atomic E-state index is 13.3. The van der Waals surface area contributed by atoms with Crippen molar-refractivity contribution in [1.29, 1.82) is 0 Å². The fourth-order valence-electron chi connectivity index (χ4n) is 3.88. The van der Waals surface area contributed by atoms with Gasteiger partial charge >= 0.3 is 5.69 Å². The normalized spacial score (nSPS) is 13.2. The third-order valence-corrected chi connectivity index (χ3v) is 5.79. The van der Waals surface area contributed by atoms with Crippen molar-refractivity contribution in [3.8, 4) is 0 Å². The van der Waals surface area contributed by atoms with Gasteiger partial charge in [-0.25, -0.2) is 9.18 Å². The van der Waals surface area contributed by atoms with E-state index in [1.807, 2.05) is 15.5 Å². The van der Waals surface area contributed by atoms with E-state index in [9.17, 15) is 14.0 Å². The molecule has 0 unspecified atom stereocenters. The molecule has 0 saturated carbocycles. The van der Waals surface area contributed by atoms with E-state index in [2.05, 4.69) is 4.98 Å². The molecule has 1 aliphatic heterocycles. The predicted octanol–water partition coefficient (Wildman–Crippen LogP) is 2.89. The summed E-state index contributed by atoms with van der Waals surface area (Å²) in [6.45, 7) is 1.20. The molecule has 4 aromatic rings. The smallest absolute Gasteiger partial charge is 0.310 e. The standard InChI is InChI=1S/C21H17ClFN5O2/c1-25-18-17(19(29)28(21(25)30)12-13-4-2-3-5-16(13)22)27-11-10-26(20(27)24-18)15-8-6-14(23)7-9-15/h2-9H,10-12H2,1H3. The molecule has 0 radical (unpaired) electrons. The van der Waals surface area contributed by atoms with Gasteiger partial charge in [-0.1, -0.05) is 29.8 Å². The molecule has 7 nitrogen and oxygen atoms in total. The van der Waals surface area contributed by atoms with Crippen LogP contribution in [0.15, 0.2) is 58.1 Å². The van der Waals surface area contributed by atoms with Crippen molar-refractivity contribution in [2.75, 3.05) is 11.4 Å². The summed E-state index contributed by atoms with van der Waals surface area (Å²) < 4.78 is 17.7. The van der Waals surface area contributed by atoms with Crippen LogP contribution in [0, 0.1) is 5.82 Å². The summed E-state index contributed by atoms with van der Waals surface area (Å²) >= 11 is 6.23. The van der Waals surface area contributed by atoms with Gasteiger partial charge in [0.1, 0.15) is 5.82 Å². The summed E-state index contributed by atoms with van der Waals surface area (Å²) in [4.78, 5) is 32.7. The molecular formula is C21H17ClFN5O2. The molecule has 5 rings (SSSR count). The molecule has 0 spiro atoms. The fourth-order valence-corrected chi connectivity index (χ4v) is 4.08. The number of rotatable bonds is 3. The monoisotopic (exact) mass is 425 g/mol. The summed E-state index contributed by atoms with van der Waals surface area (Å²) in [6.07, 6.45) is 0. The van der Waals surface area contributed by atoms with Crippen LogP contribution >= 0.6 is 11.6 Å². The van der Waals surface area contributed by atoms with E-state index in [-0.39, 0.29) is 12.4 Å². The van der Waals surface area contributed by atoms with E-state index < -0.39 is 11.2 Å². The molecule has 0 atom stereocenters. The number of aromatic nitrogens is 4. The Labute approximate surface area is 175 Å². The van der Waals surface area contributed by atoms with Crippen molar-refractivity contribution in [3.63, 3.8) is 0 Å². The Morgan fingerprint density at radius 1 is 1.07 bits per heavy atom. The summed E-state index contributed by atoms with van der Waals surface area (Å²) in [5.74, 6) is 0.232. The minimum atomic E-state index is -0.461. The average Bonchev–Trinajstić information content (AvgIpc) is 3.31. The zero-order chi connectivity index (χ0) is 21.0. The van der Waals surface area contributed by atoms with E-state index >= 15 is 0 Å². The van der Waals surface area contributed by atoms with Crippen LogP contribution in [0.1, 0.15) is 5.56 Å². The van der Waals surface area contributed by atoms with Gasteiger partial charge in [0.05, 0.1) is 6.54 Å². The number of aryl methyl sites for hydroxylation is 1. The van der Waals surface area contributed by atoms with Crippen LogP contribution in [0.4, 0.5) is 16.0 Å². The third kappa shape index (κ3) is 2.75. The molecule has 9 heteroatoms. The van der Waals surface area contributed by atoms with Crippen molar-refractivity contribution >= 4 is 34.4 Å². The highest BCUT2D eigenvalue weighted by Gasteiger charge is 2.28. The largest absolute Gasteiger partial charge is 0.332 e. The maximum atomic E-state index is 13.3. The minimum absolute atomic E-state index is 0.0727. The molecule has 0 fully saturated rings. The SMILES string of the molecule is Cn1c(=O)n(Cc2ccccc2Cl)c(=O)c2c1nc1n2CCN1c1ccc(F)cc1. The summed E-state index contributed by atoms with van der Waals surface area (Å²) in [5.41, 5.74) is 1.27. The Morgan fingerprint density at radius 3 is 2.53 bits per heavy atom. The van der Waals surface area contributed by atoms with Crippen LogP contribution in [-0.4, -0.2) is 25.2 Å². The number of hydrogen-bond acceptors (Lipinski definition) is 4.